The van der Waals surface area contributed by atoms with Crippen LogP contribution in [0, 0.1) is 12.9 Å². The third kappa shape index (κ3) is 9.00. The number of nitrogens with zero attached hydrogens (tertiary/aromatic N) is 4. The van der Waals surface area contributed by atoms with Crippen LogP contribution >= 0.6 is 0 Å². The average Bonchev–Trinajstić information content (AvgIpc) is 3.40. The van der Waals surface area contributed by atoms with Crippen molar-refractivity contribution >= 4 is 21.0 Å². The van der Waals surface area contributed by atoms with Gasteiger partial charge in [0.05, 0.1) is 12.1 Å². The fraction of sp³-hybridized carbons (Fsp3) is 0.500. The van der Waals surface area contributed by atoms with E-state index in [4.69, 9.17) is 9.16 Å². The Balaban J connectivity index is 1.55. The lowest BCUT2D eigenvalue weighted by Crippen LogP contribution is -2.48. The van der Waals surface area contributed by atoms with Gasteiger partial charge in [-0.1, -0.05) is 39.0 Å². The number of likely N-dealkylation sites (tertiary alicyclic amines) is 1. The molecule has 1 aliphatic rings. The Morgan fingerprint density at radius 3 is 2.35 bits per heavy atom. The highest BCUT2D eigenvalue weighted by Crippen LogP contribution is 2.40. The van der Waals surface area contributed by atoms with E-state index in [9.17, 15) is 14.0 Å². The van der Waals surface area contributed by atoms with Crippen LogP contribution in [0.2, 0.25) is 11.6 Å². The second kappa shape index (κ2) is 14.4. The Morgan fingerprint density at radius 1 is 1.07 bits per heavy atom. The minimum atomic E-state index is -1.68. The van der Waals surface area contributed by atoms with Crippen LogP contribution in [0.25, 0.3) is 0 Å². The highest BCUT2D eigenvalue weighted by atomic mass is 28.3. The van der Waals surface area contributed by atoms with Gasteiger partial charge in [0.15, 0.2) is 9.04 Å². The summed E-state index contributed by atoms with van der Waals surface area (Å²) >= 11 is 0. The molecule has 3 aromatic rings. The largest absolute Gasteiger partial charge is 0.444 e. The van der Waals surface area contributed by atoms with Gasteiger partial charge in [-0.15, -0.1) is 0 Å². The molecule has 0 radical (unpaired) electrons. The number of rotatable bonds is 9. The average molecular weight is 649 g/mol. The monoisotopic (exact) mass is 648 g/mol. The maximum atomic E-state index is 13.9. The molecule has 1 unspecified atom stereocenters. The Bertz CT molecular complexity index is 1490. The van der Waals surface area contributed by atoms with Crippen molar-refractivity contribution in [2.45, 2.75) is 110 Å². The molecule has 10 heteroatoms. The lowest BCUT2D eigenvalue weighted by atomic mass is 10.0. The lowest BCUT2D eigenvalue weighted by Gasteiger charge is -2.39. The predicted octanol–water partition coefficient (Wildman–Crippen LogP) is 7.42. The number of carbonyl (C=O) groups is 2. The quantitative estimate of drug-likeness (QED) is 0.177. The number of carbonyl (C=O) groups excluding carboxylic acids is 2. The lowest BCUT2D eigenvalue weighted by molar-refractivity contribution is -0.00139. The van der Waals surface area contributed by atoms with E-state index in [2.05, 4.69) is 37.3 Å². The van der Waals surface area contributed by atoms with Crippen LogP contribution < -0.4 is 0 Å². The summed E-state index contributed by atoms with van der Waals surface area (Å²) in [7, 11) is 0.0398. The summed E-state index contributed by atoms with van der Waals surface area (Å²) in [6, 6.07) is 12.9. The number of hydrogen-bond donors (Lipinski definition) is 0. The van der Waals surface area contributed by atoms with E-state index in [1.165, 1.54) is 6.20 Å². The number of benzene rings is 1. The molecule has 1 fully saturated rings. The first-order valence-electron chi connectivity index (χ1n) is 16.1. The molecule has 0 saturated carbocycles. The van der Waals surface area contributed by atoms with Gasteiger partial charge in [-0.05, 0) is 99.5 Å². The van der Waals surface area contributed by atoms with Crippen molar-refractivity contribution in [1.29, 1.82) is 0 Å². The predicted molar refractivity (Wildman–Crippen MR) is 181 cm³/mol. The minimum Gasteiger partial charge on any atom is -0.444 e. The van der Waals surface area contributed by atoms with Crippen LogP contribution in [0.5, 0.6) is 0 Å². The van der Waals surface area contributed by atoms with Crippen molar-refractivity contribution in [3.63, 3.8) is 0 Å². The molecular weight excluding hydrogens is 600 g/mol. The molecule has 1 saturated heterocycles. The van der Waals surface area contributed by atoms with E-state index in [-0.39, 0.29) is 35.2 Å². The van der Waals surface area contributed by atoms with Crippen LogP contribution in [0.4, 0.5) is 9.18 Å². The van der Waals surface area contributed by atoms with E-state index in [1.807, 2.05) is 68.3 Å². The smallest absolute Gasteiger partial charge is 0.410 e. The summed E-state index contributed by atoms with van der Waals surface area (Å²) in [5.74, 6) is -0.646. The topological polar surface area (TPSA) is 84.9 Å². The third-order valence-corrected chi connectivity index (χ3v) is 11.7. The number of hydrogen-bond acceptors (Lipinski definition) is 6. The molecule has 8 nitrogen and oxygen atoms in total. The molecule has 4 rings (SSSR count). The van der Waals surface area contributed by atoms with Crippen LogP contribution in [-0.4, -0.2) is 65.5 Å². The first-order valence-corrected chi connectivity index (χ1v) is 18.3. The maximum Gasteiger partial charge on any atom is 0.410 e. The molecule has 3 heterocycles. The highest BCUT2D eigenvalue weighted by molar-refractivity contribution is 6.53. The van der Waals surface area contributed by atoms with Gasteiger partial charge in [-0.25, -0.2) is 9.78 Å². The van der Waals surface area contributed by atoms with Crippen LogP contribution in [0.3, 0.4) is 0 Å². The van der Waals surface area contributed by atoms with Gasteiger partial charge in [-0.2, -0.15) is 4.39 Å². The van der Waals surface area contributed by atoms with Gasteiger partial charge < -0.3 is 14.1 Å². The van der Waals surface area contributed by atoms with Gasteiger partial charge >= 0.3 is 6.09 Å². The minimum absolute atomic E-state index is 0.0390. The zero-order chi connectivity index (χ0) is 33.8. The molecule has 2 aromatic heterocycles. The highest BCUT2D eigenvalue weighted by Gasteiger charge is 2.45. The van der Waals surface area contributed by atoms with Crippen LogP contribution in [-0.2, 0) is 22.1 Å². The normalized spacial score (nSPS) is 18.3. The molecule has 46 heavy (non-hydrogen) atoms. The van der Waals surface area contributed by atoms with Crippen molar-refractivity contribution < 1.29 is 23.1 Å². The first kappa shape index (κ1) is 35.2. The van der Waals surface area contributed by atoms with Gasteiger partial charge in [0.2, 0.25) is 5.95 Å². The SMILES string of the molecule is Cc1cc(CN(C)C(=O)c2ccc(C[C@@H]3CC[C@H]([C@H](O[SiH](C)C(C)(C)C)c4cccnc4)N3C(=O)OC(C)(C)C)cc2)cnc1F. The second-order valence-corrected chi connectivity index (χ2v) is 17.8. The van der Waals surface area contributed by atoms with Gasteiger partial charge in [0.1, 0.15) is 5.60 Å². The van der Waals surface area contributed by atoms with Crippen molar-refractivity contribution in [3.8, 4) is 0 Å². The molecule has 4 atom stereocenters. The van der Waals surface area contributed by atoms with E-state index in [0.29, 0.717) is 24.1 Å². The van der Waals surface area contributed by atoms with Crippen molar-refractivity contribution in [2.75, 3.05) is 7.05 Å². The van der Waals surface area contributed by atoms with E-state index in [0.717, 1.165) is 29.5 Å². The van der Waals surface area contributed by atoms with Crippen molar-refractivity contribution in [3.05, 3.63) is 94.8 Å². The summed E-state index contributed by atoms with van der Waals surface area (Å²) in [4.78, 5) is 38.7. The number of aromatic nitrogens is 2. The molecule has 2 amide bonds. The standard InChI is InChI=1S/C36H49FN4O4Si/c1-24-19-26(21-39-32(24)37)23-40(8)33(42)27-14-12-25(13-15-27)20-29-16-17-30(41(29)34(43)44-35(2,3)4)31(28-11-10-18-38-22-28)45-46(9)36(5,6)7/h10-15,18-19,21-22,29-31,46H,16-17,20,23H2,1-9H3/t29-,30+,31+,46?/m0/s1. The Kier molecular flexibility index (Phi) is 11.0. The van der Waals surface area contributed by atoms with Crippen molar-refractivity contribution in [1.82, 2.24) is 19.8 Å². The molecule has 248 valence electrons. The zero-order valence-electron chi connectivity index (χ0n) is 28.7. The first-order chi connectivity index (χ1) is 21.5. The van der Waals surface area contributed by atoms with Crippen LogP contribution in [0.15, 0.2) is 61.1 Å². The number of ether oxygens (including phenoxy) is 1. The second-order valence-electron chi connectivity index (χ2n) is 14.6. The van der Waals surface area contributed by atoms with E-state index in [1.54, 1.807) is 31.1 Å². The summed E-state index contributed by atoms with van der Waals surface area (Å²) in [6.07, 6.45) is 6.57. The molecule has 0 bridgehead atoms. The summed E-state index contributed by atoms with van der Waals surface area (Å²) in [5, 5.41) is 0.0390. The zero-order valence-corrected chi connectivity index (χ0v) is 29.9. The Hall–Kier alpha value is -3.63. The van der Waals surface area contributed by atoms with Crippen molar-refractivity contribution in [2.24, 2.45) is 0 Å². The molecule has 1 aliphatic heterocycles. The molecule has 0 aliphatic carbocycles. The maximum absolute atomic E-state index is 13.9. The van der Waals surface area contributed by atoms with Gasteiger partial charge in [-0.3, -0.25) is 14.7 Å². The number of pyridine rings is 2. The number of aryl methyl sites for hydroxylation is 1. The third-order valence-electron chi connectivity index (χ3n) is 8.59. The summed E-state index contributed by atoms with van der Waals surface area (Å²) < 4.78 is 26.5. The fourth-order valence-electron chi connectivity index (χ4n) is 5.69. The summed E-state index contributed by atoms with van der Waals surface area (Å²) in [6.45, 7) is 16.5. The van der Waals surface area contributed by atoms with E-state index < -0.39 is 20.6 Å². The molecular formula is C36H49FN4O4Si. The Labute approximate surface area is 275 Å². The van der Waals surface area contributed by atoms with Gasteiger partial charge in [0.25, 0.3) is 5.91 Å². The number of amides is 2. The number of halogens is 1. The molecule has 0 N–H and O–H groups in total. The fourth-order valence-corrected chi connectivity index (χ4v) is 6.88. The van der Waals surface area contributed by atoms with E-state index >= 15 is 0 Å². The van der Waals surface area contributed by atoms with Crippen LogP contribution in [0.1, 0.15) is 93.1 Å². The molecule has 1 aromatic carbocycles. The summed E-state index contributed by atoms with van der Waals surface area (Å²) in [5.41, 5.74) is 3.09. The Morgan fingerprint density at radius 2 is 1.76 bits per heavy atom. The van der Waals surface area contributed by atoms with Gasteiger partial charge in [0, 0.05) is 49.4 Å². The molecule has 0 spiro atoms.